The minimum Gasteiger partial charge on any atom is -0.392 e. The Bertz CT molecular complexity index is 284. The van der Waals surface area contributed by atoms with Gasteiger partial charge < -0.3 is 15.3 Å². The fourth-order valence-electron chi connectivity index (χ4n) is 2.77. The van der Waals surface area contributed by atoms with Crippen molar-refractivity contribution in [2.24, 2.45) is 0 Å². The first-order chi connectivity index (χ1) is 8.92. The van der Waals surface area contributed by atoms with E-state index in [1.54, 1.807) is 0 Å². The molecule has 1 rings (SSSR count). The van der Waals surface area contributed by atoms with Crippen molar-refractivity contribution in [3.05, 3.63) is 0 Å². The summed E-state index contributed by atoms with van der Waals surface area (Å²) in [5, 5.41) is 12.8. The van der Waals surface area contributed by atoms with Crippen LogP contribution in [0.2, 0.25) is 0 Å². The second-order valence-electron chi connectivity index (χ2n) is 5.99. The number of nitrogens with zero attached hydrogens (tertiary/aromatic N) is 2. The van der Waals surface area contributed by atoms with Crippen molar-refractivity contribution in [3.8, 4) is 0 Å². The molecule has 0 radical (unpaired) electrons. The van der Waals surface area contributed by atoms with E-state index < -0.39 is 0 Å². The van der Waals surface area contributed by atoms with Crippen LogP contribution in [0.1, 0.15) is 33.1 Å². The zero-order chi connectivity index (χ0) is 14.4. The van der Waals surface area contributed by atoms with Gasteiger partial charge in [0.1, 0.15) is 0 Å². The van der Waals surface area contributed by atoms with Crippen molar-refractivity contribution in [2.75, 3.05) is 33.7 Å². The summed E-state index contributed by atoms with van der Waals surface area (Å²) in [5.41, 5.74) is 0. The predicted octanol–water partition coefficient (Wildman–Crippen LogP) is 0.288. The molecule has 1 fully saturated rings. The zero-order valence-electron chi connectivity index (χ0n) is 12.7. The molecule has 112 valence electrons. The Hall–Kier alpha value is -0.650. The fraction of sp³-hybridized carbons (Fsp3) is 0.929. The molecule has 1 amide bonds. The maximum Gasteiger partial charge on any atom is 0.234 e. The molecule has 0 aromatic heterocycles. The lowest BCUT2D eigenvalue weighted by molar-refractivity contribution is -0.123. The summed E-state index contributed by atoms with van der Waals surface area (Å²) in [5.74, 6) is 0.0683. The van der Waals surface area contributed by atoms with E-state index in [0.717, 1.165) is 25.8 Å². The average Bonchev–Trinajstić information content (AvgIpc) is 2.57. The Morgan fingerprint density at radius 3 is 2.79 bits per heavy atom. The summed E-state index contributed by atoms with van der Waals surface area (Å²) < 4.78 is 0. The van der Waals surface area contributed by atoms with Gasteiger partial charge in [0.15, 0.2) is 0 Å². The molecule has 1 saturated heterocycles. The van der Waals surface area contributed by atoms with Crippen molar-refractivity contribution >= 4 is 5.91 Å². The minimum absolute atomic E-state index is 0.0683. The number of rotatable bonds is 7. The first-order valence-electron chi connectivity index (χ1n) is 7.28. The van der Waals surface area contributed by atoms with E-state index in [4.69, 9.17) is 0 Å². The van der Waals surface area contributed by atoms with Gasteiger partial charge in [-0.2, -0.15) is 0 Å². The second kappa shape index (κ2) is 7.82. The van der Waals surface area contributed by atoms with E-state index in [1.165, 1.54) is 0 Å². The van der Waals surface area contributed by atoms with Gasteiger partial charge in [-0.25, -0.2) is 0 Å². The Balaban J connectivity index is 2.42. The summed E-state index contributed by atoms with van der Waals surface area (Å²) in [6.45, 7) is 6.04. The molecule has 2 N–H and O–H groups in total. The number of aliphatic hydroxyl groups is 1. The smallest absolute Gasteiger partial charge is 0.234 e. The number of β-amino-alcohol motifs (C(OH)–C–C–N with tert-alkyl or cyclic N) is 1. The Kier molecular flexibility index (Phi) is 6.75. The van der Waals surface area contributed by atoms with Crippen LogP contribution in [0.25, 0.3) is 0 Å². The van der Waals surface area contributed by atoms with E-state index in [1.807, 2.05) is 21.0 Å². The number of nitrogens with one attached hydrogen (secondary N) is 1. The number of likely N-dealkylation sites (tertiary alicyclic amines) is 1. The van der Waals surface area contributed by atoms with Crippen LogP contribution in [0, 0.1) is 0 Å². The Morgan fingerprint density at radius 1 is 1.53 bits per heavy atom. The van der Waals surface area contributed by atoms with Gasteiger partial charge in [-0.1, -0.05) is 13.3 Å². The minimum atomic E-state index is -0.300. The van der Waals surface area contributed by atoms with Crippen LogP contribution < -0.4 is 5.32 Å². The molecule has 0 spiro atoms. The molecule has 19 heavy (non-hydrogen) atoms. The average molecular weight is 271 g/mol. The maximum absolute atomic E-state index is 12.0. The first kappa shape index (κ1) is 16.4. The van der Waals surface area contributed by atoms with Crippen LogP contribution in [0.4, 0.5) is 0 Å². The van der Waals surface area contributed by atoms with Gasteiger partial charge in [-0.3, -0.25) is 9.69 Å². The van der Waals surface area contributed by atoms with Crippen LogP contribution in [0.5, 0.6) is 0 Å². The summed E-state index contributed by atoms with van der Waals surface area (Å²) in [6.07, 6.45) is 2.55. The van der Waals surface area contributed by atoms with Crippen molar-refractivity contribution in [1.82, 2.24) is 15.1 Å². The molecule has 1 heterocycles. The highest BCUT2D eigenvalue weighted by Crippen LogP contribution is 2.17. The number of hydrogen-bond donors (Lipinski definition) is 2. The molecule has 5 heteroatoms. The third-order valence-corrected chi connectivity index (χ3v) is 3.56. The largest absolute Gasteiger partial charge is 0.392 e. The van der Waals surface area contributed by atoms with Crippen LogP contribution in [-0.4, -0.2) is 72.7 Å². The molecule has 1 aliphatic heterocycles. The van der Waals surface area contributed by atoms with E-state index in [9.17, 15) is 9.90 Å². The van der Waals surface area contributed by atoms with Gasteiger partial charge >= 0.3 is 0 Å². The summed E-state index contributed by atoms with van der Waals surface area (Å²) in [4.78, 5) is 16.2. The fourth-order valence-corrected chi connectivity index (χ4v) is 2.77. The van der Waals surface area contributed by atoms with E-state index in [2.05, 4.69) is 22.0 Å². The van der Waals surface area contributed by atoms with Crippen LogP contribution in [0.3, 0.4) is 0 Å². The Morgan fingerprint density at radius 2 is 2.21 bits per heavy atom. The summed E-state index contributed by atoms with van der Waals surface area (Å²) in [6, 6.07) is 0.509. The highest BCUT2D eigenvalue weighted by Gasteiger charge is 2.32. The lowest BCUT2D eigenvalue weighted by atomic mass is 10.2. The quantitative estimate of drug-likeness (QED) is 0.699. The Labute approximate surface area is 117 Å². The SMILES string of the molecule is CCCC(C)NC(=O)CN1CC(O)CC1CN(C)C. The van der Waals surface area contributed by atoms with Gasteiger partial charge in [0.25, 0.3) is 0 Å². The third-order valence-electron chi connectivity index (χ3n) is 3.56. The van der Waals surface area contributed by atoms with Crippen molar-refractivity contribution in [2.45, 2.75) is 51.3 Å². The molecule has 1 aliphatic rings. The van der Waals surface area contributed by atoms with E-state index in [-0.39, 0.29) is 24.1 Å². The third kappa shape index (κ3) is 5.89. The molecule has 3 unspecified atom stereocenters. The number of carbonyl (C=O) groups excluding carboxylic acids is 1. The molecule has 5 nitrogen and oxygen atoms in total. The molecular formula is C14H29N3O2. The van der Waals surface area contributed by atoms with Crippen LogP contribution in [0.15, 0.2) is 0 Å². The lowest BCUT2D eigenvalue weighted by Crippen LogP contribution is -2.45. The van der Waals surface area contributed by atoms with Crippen molar-refractivity contribution < 1.29 is 9.90 Å². The van der Waals surface area contributed by atoms with Gasteiger partial charge in [-0.05, 0) is 33.9 Å². The number of likely N-dealkylation sites (N-methyl/N-ethyl adjacent to an activating group) is 1. The summed E-state index contributed by atoms with van der Waals surface area (Å²) in [7, 11) is 4.04. The van der Waals surface area contributed by atoms with Gasteiger partial charge in [0.2, 0.25) is 5.91 Å². The molecule has 0 aromatic rings. The normalized spacial score (nSPS) is 25.8. The molecular weight excluding hydrogens is 242 g/mol. The first-order valence-corrected chi connectivity index (χ1v) is 7.28. The molecule has 0 aliphatic carbocycles. The summed E-state index contributed by atoms with van der Waals surface area (Å²) >= 11 is 0. The van der Waals surface area contributed by atoms with Gasteiger partial charge in [0.05, 0.1) is 12.6 Å². The zero-order valence-corrected chi connectivity index (χ0v) is 12.7. The number of aliphatic hydroxyl groups excluding tert-OH is 1. The van der Waals surface area contributed by atoms with Gasteiger partial charge in [-0.15, -0.1) is 0 Å². The topological polar surface area (TPSA) is 55.8 Å². The molecule has 3 atom stereocenters. The highest BCUT2D eigenvalue weighted by atomic mass is 16.3. The molecule has 0 saturated carbocycles. The van der Waals surface area contributed by atoms with Gasteiger partial charge in [0, 0.05) is 25.2 Å². The second-order valence-corrected chi connectivity index (χ2v) is 5.99. The maximum atomic E-state index is 12.0. The standard InChI is InChI=1S/C14H29N3O2/c1-5-6-11(2)15-14(19)10-17-9-13(18)7-12(17)8-16(3)4/h11-13,18H,5-10H2,1-4H3,(H,15,19). The predicted molar refractivity (Wildman–Crippen MR) is 77.1 cm³/mol. The van der Waals surface area contributed by atoms with Crippen LogP contribution >= 0.6 is 0 Å². The highest BCUT2D eigenvalue weighted by molar-refractivity contribution is 5.78. The van der Waals surface area contributed by atoms with E-state index >= 15 is 0 Å². The monoisotopic (exact) mass is 271 g/mol. The molecule has 0 bridgehead atoms. The number of hydrogen-bond acceptors (Lipinski definition) is 4. The van der Waals surface area contributed by atoms with Crippen LogP contribution in [-0.2, 0) is 4.79 Å². The molecule has 0 aromatic carbocycles. The van der Waals surface area contributed by atoms with Crippen molar-refractivity contribution in [3.63, 3.8) is 0 Å². The lowest BCUT2D eigenvalue weighted by Gasteiger charge is -2.26. The number of amides is 1. The van der Waals surface area contributed by atoms with Crippen molar-refractivity contribution in [1.29, 1.82) is 0 Å². The number of carbonyl (C=O) groups is 1. The van der Waals surface area contributed by atoms with E-state index in [0.29, 0.717) is 13.1 Å².